The summed E-state index contributed by atoms with van der Waals surface area (Å²) in [5, 5.41) is 12.2. The monoisotopic (exact) mass is 395 g/mol. The van der Waals surface area contributed by atoms with Gasteiger partial charge in [0.2, 0.25) is 0 Å². The number of benzene rings is 2. The molecule has 0 aliphatic heterocycles. The molecule has 6 heteroatoms. The first-order chi connectivity index (χ1) is 9.55. The lowest BCUT2D eigenvalue weighted by atomic mass is 10.1. The maximum atomic E-state index is 8.99. The predicted molar refractivity (Wildman–Crippen MR) is 87.2 cm³/mol. The Kier molecular flexibility index (Phi) is 4.53. The number of nitriles is 1. The summed E-state index contributed by atoms with van der Waals surface area (Å²) < 4.78 is 6.99. The van der Waals surface area contributed by atoms with E-state index in [-0.39, 0.29) is 0 Å². The molecule has 0 aliphatic carbocycles. The van der Waals surface area contributed by atoms with Gasteiger partial charge in [0.25, 0.3) is 0 Å². The van der Waals surface area contributed by atoms with Crippen LogP contribution in [0.5, 0.6) is 5.75 Å². The first kappa shape index (κ1) is 14.7. The molecule has 102 valence electrons. The highest BCUT2D eigenvalue weighted by Gasteiger charge is 2.08. The number of hydrogen-bond acceptors (Lipinski definition) is 4. The zero-order chi connectivity index (χ0) is 14.7. The highest BCUT2D eigenvalue weighted by Crippen LogP contribution is 2.36. The Hall–Kier alpha value is -1.71. The third-order valence-electron chi connectivity index (χ3n) is 2.69. The third kappa shape index (κ3) is 3.06. The predicted octanol–water partition coefficient (Wildman–Crippen LogP) is 4.42. The zero-order valence-corrected chi connectivity index (χ0v) is 13.7. The fourth-order valence-corrected chi connectivity index (χ4v) is 2.92. The van der Waals surface area contributed by atoms with Crippen LogP contribution >= 0.6 is 31.9 Å². The Labute approximate surface area is 133 Å². The highest BCUT2D eigenvalue weighted by molar-refractivity contribution is 9.11. The van der Waals surface area contributed by atoms with Crippen LogP contribution in [0.4, 0.5) is 17.1 Å². The van der Waals surface area contributed by atoms with Crippen molar-refractivity contribution in [2.24, 2.45) is 0 Å². The summed E-state index contributed by atoms with van der Waals surface area (Å²) in [7, 11) is 1.61. The summed E-state index contributed by atoms with van der Waals surface area (Å²) in [5.41, 5.74) is 8.22. The maximum absolute atomic E-state index is 8.99. The van der Waals surface area contributed by atoms with Crippen molar-refractivity contribution in [1.82, 2.24) is 0 Å². The molecular weight excluding hydrogens is 386 g/mol. The van der Waals surface area contributed by atoms with Crippen LogP contribution in [0.3, 0.4) is 0 Å². The first-order valence-electron chi connectivity index (χ1n) is 5.65. The van der Waals surface area contributed by atoms with Gasteiger partial charge in [-0.15, -0.1) is 0 Å². The van der Waals surface area contributed by atoms with Crippen molar-refractivity contribution in [1.29, 1.82) is 5.26 Å². The number of nitrogens with two attached hydrogens (primary N) is 1. The summed E-state index contributed by atoms with van der Waals surface area (Å²) in [4.78, 5) is 0. The van der Waals surface area contributed by atoms with Crippen molar-refractivity contribution >= 4 is 48.9 Å². The smallest absolute Gasteiger partial charge is 0.135 e. The molecule has 0 amide bonds. The maximum Gasteiger partial charge on any atom is 0.135 e. The normalized spacial score (nSPS) is 9.90. The van der Waals surface area contributed by atoms with Gasteiger partial charge in [-0.3, -0.25) is 0 Å². The van der Waals surface area contributed by atoms with Crippen LogP contribution in [0.2, 0.25) is 0 Å². The van der Waals surface area contributed by atoms with E-state index in [9.17, 15) is 0 Å². The molecule has 2 rings (SSSR count). The van der Waals surface area contributed by atoms with E-state index in [1.54, 1.807) is 19.2 Å². The van der Waals surface area contributed by atoms with Crippen molar-refractivity contribution in [3.8, 4) is 11.8 Å². The van der Waals surface area contributed by atoms with E-state index < -0.39 is 0 Å². The van der Waals surface area contributed by atoms with Crippen LogP contribution < -0.4 is 15.8 Å². The van der Waals surface area contributed by atoms with Gasteiger partial charge >= 0.3 is 0 Å². The van der Waals surface area contributed by atoms with Crippen LogP contribution in [0.1, 0.15) is 5.56 Å². The average Bonchev–Trinajstić information content (AvgIpc) is 2.43. The molecular formula is C14H11Br2N3O. The second-order valence-electron chi connectivity index (χ2n) is 4.01. The highest BCUT2D eigenvalue weighted by atomic mass is 79.9. The molecule has 0 aromatic heterocycles. The minimum absolute atomic E-state index is 0.440. The number of anilines is 3. The number of nitrogens with zero attached hydrogens (tertiary/aromatic N) is 1. The van der Waals surface area contributed by atoms with E-state index in [2.05, 4.69) is 43.2 Å². The van der Waals surface area contributed by atoms with Gasteiger partial charge in [0.15, 0.2) is 0 Å². The van der Waals surface area contributed by atoms with E-state index in [1.807, 2.05) is 18.2 Å². The van der Waals surface area contributed by atoms with Gasteiger partial charge in [-0.2, -0.15) is 5.26 Å². The molecule has 0 heterocycles. The number of ether oxygens (including phenoxy) is 1. The van der Waals surface area contributed by atoms with Gasteiger partial charge in [0.05, 0.1) is 22.8 Å². The number of methoxy groups -OCH3 is 1. The second-order valence-corrected chi connectivity index (χ2v) is 5.71. The molecule has 0 saturated heterocycles. The van der Waals surface area contributed by atoms with Crippen molar-refractivity contribution in [3.05, 3.63) is 44.8 Å². The molecule has 4 nitrogen and oxygen atoms in total. The quantitative estimate of drug-likeness (QED) is 0.753. The Morgan fingerprint density at radius 2 is 1.95 bits per heavy atom. The van der Waals surface area contributed by atoms with E-state index >= 15 is 0 Å². The minimum atomic E-state index is 0.440. The molecule has 0 bridgehead atoms. The average molecular weight is 397 g/mol. The zero-order valence-electron chi connectivity index (χ0n) is 10.6. The summed E-state index contributed by atoms with van der Waals surface area (Å²) in [6, 6.07) is 11.0. The third-order valence-corrected chi connectivity index (χ3v) is 3.97. The molecule has 0 unspecified atom stereocenters. The van der Waals surface area contributed by atoms with Crippen molar-refractivity contribution in [2.45, 2.75) is 0 Å². The summed E-state index contributed by atoms with van der Waals surface area (Å²) in [6.07, 6.45) is 0. The standard InChI is InChI=1S/C14H11Br2N3O/c1-20-14-6-13(10(15)5-11(14)16)19-9-2-3-12(18)8(4-9)7-17/h2-6,19H,18H2,1H3. The Morgan fingerprint density at radius 1 is 1.20 bits per heavy atom. The van der Waals surface area contributed by atoms with Crippen molar-refractivity contribution in [2.75, 3.05) is 18.2 Å². The second kappa shape index (κ2) is 6.16. The minimum Gasteiger partial charge on any atom is -0.495 e. The lowest BCUT2D eigenvalue weighted by Gasteiger charge is -2.12. The van der Waals surface area contributed by atoms with Gasteiger partial charge in [0.1, 0.15) is 11.8 Å². The molecule has 0 saturated carbocycles. The molecule has 0 radical (unpaired) electrons. The molecule has 0 spiro atoms. The summed E-state index contributed by atoms with van der Waals surface area (Å²) >= 11 is 6.90. The molecule has 2 aromatic rings. The fraction of sp³-hybridized carbons (Fsp3) is 0.0714. The van der Waals surface area contributed by atoms with E-state index in [0.29, 0.717) is 17.0 Å². The lowest BCUT2D eigenvalue weighted by molar-refractivity contribution is 0.412. The topological polar surface area (TPSA) is 71.1 Å². The van der Waals surface area contributed by atoms with E-state index in [1.165, 1.54) is 0 Å². The van der Waals surface area contributed by atoms with Crippen LogP contribution in [0, 0.1) is 11.3 Å². The van der Waals surface area contributed by atoms with E-state index in [0.717, 1.165) is 20.3 Å². The van der Waals surface area contributed by atoms with Crippen molar-refractivity contribution in [3.63, 3.8) is 0 Å². The van der Waals surface area contributed by atoms with E-state index in [4.69, 9.17) is 15.7 Å². The van der Waals surface area contributed by atoms with Gasteiger partial charge in [-0.25, -0.2) is 0 Å². The van der Waals surface area contributed by atoms with Gasteiger partial charge in [-0.1, -0.05) is 0 Å². The van der Waals surface area contributed by atoms with Crippen molar-refractivity contribution < 1.29 is 4.74 Å². The molecule has 3 N–H and O–H groups in total. The molecule has 20 heavy (non-hydrogen) atoms. The Balaban J connectivity index is 2.37. The number of rotatable bonds is 3. The Bertz CT molecular complexity index is 696. The lowest BCUT2D eigenvalue weighted by Crippen LogP contribution is -1.96. The number of halogens is 2. The number of nitrogen functional groups attached to an aromatic ring is 1. The SMILES string of the molecule is COc1cc(Nc2ccc(N)c(C#N)c2)c(Br)cc1Br. The summed E-state index contributed by atoms with van der Waals surface area (Å²) in [5.74, 6) is 0.714. The van der Waals surface area contributed by atoms with Gasteiger partial charge in [0, 0.05) is 21.9 Å². The fourth-order valence-electron chi connectivity index (χ4n) is 1.67. The largest absolute Gasteiger partial charge is 0.495 e. The van der Waals surface area contributed by atoms with Crippen LogP contribution in [-0.2, 0) is 0 Å². The molecule has 2 aromatic carbocycles. The molecule has 0 fully saturated rings. The number of hydrogen-bond donors (Lipinski definition) is 2. The number of nitrogens with one attached hydrogen (secondary N) is 1. The van der Waals surface area contributed by atoms with Crippen LogP contribution in [-0.4, -0.2) is 7.11 Å². The van der Waals surface area contributed by atoms with Gasteiger partial charge in [-0.05, 0) is 56.1 Å². The van der Waals surface area contributed by atoms with Gasteiger partial charge < -0.3 is 15.8 Å². The first-order valence-corrected chi connectivity index (χ1v) is 7.23. The molecule has 0 atom stereocenters. The van der Waals surface area contributed by atoms with Crippen LogP contribution in [0.15, 0.2) is 39.3 Å². The molecule has 0 aliphatic rings. The van der Waals surface area contributed by atoms with Crippen LogP contribution in [0.25, 0.3) is 0 Å². The Morgan fingerprint density at radius 3 is 2.60 bits per heavy atom. The summed E-state index contributed by atoms with van der Waals surface area (Å²) in [6.45, 7) is 0.